The Morgan fingerprint density at radius 1 is 1.57 bits per heavy atom. The molecule has 14 heavy (non-hydrogen) atoms. The summed E-state index contributed by atoms with van der Waals surface area (Å²) < 4.78 is 0. The van der Waals surface area contributed by atoms with E-state index >= 15 is 0 Å². The average molecular weight is 198 g/mol. The summed E-state index contributed by atoms with van der Waals surface area (Å²) >= 11 is 0. The van der Waals surface area contributed by atoms with Crippen LogP contribution < -0.4 is 0 Å². The largest absolute Gasteiger partial charge is 0.480 e. The molecule has 0 fully saturated rings. The molecule has 0 saturated heterocycles. The number of aliphatic imine (C=N–C) groups is 1. The lowest BCUT2D eigenvalue weighted by molar-refractivity contribution is -0.140. The maximum absolute atomic E-state index is 11.0. The second-order valence-corrected chi connectivity index (χ2v) is 3.20. The van der Waals surface area contributed by atoms with E-state index in [4.69, 9.17) is 5.11 Å². The maximum Gasteiger partial charge on any atom is 0.325 e. The lowest BCUT2D eigenvalue weighted by Gasteiger charge is -2.20. The summed E-state index contributed by atoms with van der Waals surface area (Å²) in [7, 11) is 5.12. The molecule has 0 aromatic heterocycles. The smallest absolute Gasteiger partial charge is 0.325 e. The first-order chi connectivity index (χ1) is 6.54. The van der Waals surface area contributed by atoms with E-state index < -0.39 is 12.0 Å². The molecule has 0 aliphatic heterocycles. The minimum atomic E-state index is -0.852. The molecule has 0 rings (SSSR count). The first kappa shape index (κ1) is 12.8. The molecule has 1 atom stereocenters. The molecule has 0 aromatic rings. The summed E-state index contributed by atoms with van der Waals surface area (Å²) in [5, 5.41) is 9.02. The standard InChI is InChI=1S/C10H18N2O2/c1-5-6-8(7-11-2)9(10(13)14)12(3)4/h6-7,9H,5H2,1-4H3,(H,13,14)/b8-6+,11-7?. The van der Waals surface area contributed by atoms with Crippen molar-refractivity contribution < 1.29 is 9.90 Å². The maximum atomic E-state index is 11.0. The Labute approximate surface area is 84.9 Å². The van der Waals surface area contributed by atoms with Crippen LogP contribution in [0.15, 0.2) is 16.6 Å². The average Bonchev–Trinajstić information content (AvgIpc) is 2.03. The van der Waals surface area contributed by atoms with Gasteiger partial charge in [-0.3, -0.25) is 14.7 Å². The van der Waals surface area contributed by atoms with E-state index in [0.717, 1.165) is 12.0 Å². The van der Waals surface area contributed by atoms with Crippen molar-refractivity contribution in [1.29, 1.82) is 0 Å². The topological polar surface area (TPSA) is 52.9 Å². The zero-order valence-electron chi connectivity index (χ0n) is 9.19. The fourth-order valence-corrected chi connectivity index (χ4v) is 1.28. The third kappa shape index (κ3) is 3.70. The van der Waals surface area contributed by atoms with Gasteiger partial charge in [0.05, 0.1) is 0 Å². The molecule has 0 saturated carbocycles. The van der Waals surface area contributed by atoms with Gasteiger partial charge in [-0.15, -0.1) is 0 Å². The van der Waals surface area contributed by atoms with Gasteiger partial charge in [-0.25, -0.2) is 0 Å². The molecule has 0 aliphatic rings. The number of carboxylic acids is 1. The Hall–Kier alpha value is -1.16. The molecule has 4 heteroatoms. The van der Waals surface area contributed by atoms with Crippen LogP contribution in [0.1, 0.15) is 13.3 Å². The molecule has 1 N–H and O–H groups in total. The van der Waals surface area contributed by atoms with Gasteiger partial charge >= 0.3 is 5.97 Å². The van der Waals surface area contributed by atoms with Crippen LogP contribution >= 0.6 is 0 Å². The summed E-state index contributed by atoms with van der Waals surface area (Å²) in [6.45, 7) is 1.97. The molecule has 1 unspecified atom stereocenters. The number of hydrogen-bond donors (Lipinski definition) is 1. The van der Waals surface area contributed by atoms with Crippen molar-refractivity contribution in [3.63, 3.8) is 0 Å². The van der Waals surface area contributed by atoms with Gasteiger partial charge in [-0.05, 0) is 26.1 Å². The fraction of sp³-hybridized carbons (Fsp3) is 0.600. The minimum absolute atomic E-state index is 0.612. The van der Waals surface area contributed by atoms with E-state index in [1.54, 1.807) is 32.3 Å². The molecular weight excluding hydrogens is 180 g/mol. The normalized spacial score (nSPS) is 15.1. The van der Waals surface area contributed by atoms with Crippen molar-refractivity contribution in [2.24, 2.45) is 4.99 Å². The van der Waals surface area contributed by atoms with Crippen molar-refractivity contribution >= 4 is 12.2 Å². The number of rotatable bonds is 5. The zero-order chi connectivity index (χ0) is 11.1. The SMILES string of the molecule is CC/C=C(\C=NC)C(C(=O)O)N(C)C. The summed E-state index contributed by atoms with van der Waals surface area (Å²) in [5.74, 6) is -0.852. The number of carbonyl (C=O) groups is 1. The van der Waals surface area contributed by atoms with Crippen LogP contribution in [0.25, 0.3) is 0 Å². The van der Waals surface area contributed by atoms with Gasteiger partial charge < -0.3 is 5.11 Å². The monoisotopic (exact) mass is 198 g/mol. The van der Waals surface area contributed by atoms with Crippen molar-refractivity contribution in [3.8, 4) is 0 Å². The van der Waals surface area contributed by atoms with Crippen LogP contribution in [0.3, 0.4) is 0 Å². The zero-order valence-corrected chi connectivity index (χ0v) is 9.19. The Kier molecular flexibility index (Phi) is 5.79. The number of likely N-dealkylation sites (N-methyl/N-ethyl adjacent to an activating group) is 1. The molecule has 0 aliphatic carbocycles. The van der Waals surface area contributed by atoms with E-state index in [-0.39, 0.29) is 0 Å². The number of allylic oxidation sites excluding steroid dienone is 1. The van der Waals surface area contributed by atoms with Crippen molar-refractivity contribution in [2.45, 2.75) is 19.4 Å². The van der Waals surface area contributed by atoms with E-state index in [0.29, 0.717) is 0 Å². The summed E-state index contributed by atoms with van der Waals surface area (Å²) in [4.78, 5) is 16.5. The second kappa shape index (κ2) is 6.32. The van der Waals surface area contributed by atoms with Crippen LogP contribution in [0, 0.1) is 0 Å². The lowest BCUT2D eigenvalue weighted by atomic mass is 10.1. The predicted octanol–water partition coefficient (Wildman–Crippen LogP) is 1.04. The van der Waals surface area contributed by atoms with Crippen LogP contribution in [-0.4, -0.2) is 49.4 Å². The van der Waals surface area contributed by atoms with Gasteiger partial charge in [0.2, 0.25) is 0 Å². The Morgan fingerprint density at radius 3 is 2.43 bits per heavy atom. The molecule has 4 nitrogen and oxygen atoms in total. The number of aliphatic carboxylic acids is 1. The van der Waals surface area contributed by atoms with Crippen LogP contribution in [-0.2, 0) is 4.79 Å². The van der Waals surface area contributed by atoms with Crippen molar-refractivity contribution in [1.82, 2.24) is 4.90 Å². The number of carboxylic acid groups (broad SMARTS) is 1. The molecule has 80 valence electrons. The summed E-state index contributed by atoms with van der Waals surface area (Å²) in [6.07, 6.45) is 4.28. The number of nitrogens with zero attached hydrogens (tertiary/aromatic N) is 2. The highest BCUT2D eigenvalue weighted by Crippen LogP contribution is 2.07. The van der Waals surface area contributed by atoms with Crippen molar-refractivity contribution in [3.05, 3.63) is 11.6 Å². The quantitative estimate of drug-likeness (QED) is 0.671. The summed E-state index contributed by atoms with van der Waals surface area (Å²) in [5.41, 5.74) is 0.729. The third-order valence-corrected chi connectivity index (χ3v) is 1.78. The van der Waals surface area contributed by atoms with Crippen LogP contribution in [0.5, 0.6) is 0 Å². The highest BCUT2D eigenvalue weighted by atomic mass is 16.4. The molecular formula is C10H18N2O2. The summed E-state index contributed by atoms with van der Waals surface area (Å²) in [6, 6.07) is -0.612. The third-order valence-electron chi connectivity index (χ3n) is 1.78. The van der Waals surface area contributed by atoms with Gasteiger partial charge in [0.1, 0.15) is 6.04 Å². The molecule has 0 aromatic carbocycles. The first-order valence-electron chi connectivity index (χ1n) is 4.56. The first-order valence-corrected chi connectivity index (χ1v) is 4.56. The highest BCUT2D eigenvalue weighted by molar-refractivity contribution is 5.91. The molecule has 0 heterocycles. The second-order valence-electron chi connectivity index (χ2n) is 3.20. The van der Waals surface area contributed by atoms with Crippen LogP contribution in [0.4, 0.5) is 0 Å². The highest BCUT2D eigenvalue weighted by Gasteiger charge is 2.22. The molecule has 0 amide bonds. The minimum Gasteiger partial charge on any atom is -0.480 e. The van der Waals surface area contributed by atoms with Crippen LogP contribution in [0.2, 0.25) is 0 Å². The Bertz CT molecular complexity index is 245. The van der Waals surface area contributed by atoms with E-state index in [1.807, 2.05) is 13.0 Å². The van der Waals surface area contributed by atoms with Crippen molar-refractivity contribution in [2.75, 3.05) is 21.1 Å². The molecule has 0 radical (unpaired) electrons. The Balaban J connectivity index is 4.92. The lowest BCUT2D eigenvalue weighted by Crippen LogP contribution is -2.37. The molecule has 0 bridgehead atoms. The number of hydrogen-bond acceptors (Lipinski definition) is 3. The van der Waals surface area contributed by atoms with Gasteiger partial charge in [-0.2, -0.15) is 0 Å². The van der Waals surface area contributed by atoms with Gasteiger partial charge in [-0.1, -0.05) is 13.0 Å². The van der Waals surface area contributed by atoms with E-state index in [1.165, 1.54) is 0 Å². The fourth-order valence-electron chi connectivity index (χ4n) is 1.28. The Morgan fingerprint density at radius 2 is 2.14 bits per heavy atom. The predicted molar refractivity (Wildman–Crippen MR) is 57.9 cm³/mol. The van der Waals surface area contributed by atoms with Gasteiger partial charge in [0.15, 0.2) is 0 Å². The van der Waals surface area contributed by atoms with Gasteiger partial charge in [0.25, 0.3) is 0 Å². The van der Waals surface area contributed by atoms with E-state index in [2.05, 4.69) is 4.99 Å². The van der Waals surface area contributed by atoms with Gasteiger partial charge in [0, 0.05) is 13.3 Å². The van der Waals surface area contributed by atoms with E-state index in [9.17, 15) is 4.79 Å². The molecule has 0 spiro atoms.